The molecular formula is C25H33N5O5S2. The van der Waals surface area contributed by atoms with E-state index < -0.39 is 33.9 Å². The van der Waals surface area contributed by atoms with Crippen LogP contribution in [0.15, 0.2) is 58.4 Å². The highest BCUT2D eigenvalue weighted by atomic mass is 32.2. The lowest BCUT2D eigenvalue weighted by molar-refractivity contribution is 0.0412. The summed E-state index contributed by atoms with van der Waals surface area (Å²) < 4.78 is 33.5. The van der Waals surface area contributed by atoms with E-state index in [-0.39, 0.29) is 17.4 Å². The first-order valence-electron chi connectivity index (χ1n) is 11.8. The molecule has 0 aliphatic carbocycles. The highest BCUT2D eigenvalue weighted by Gasteiger charge is 2.27. The number of hydrogen-bond acceptors (Lipinski definition) is 8. The van der Waals surface area contributed by atoms with Crippen LogP contribution in [0.3, 0.4) is 0 Å². The molecule has 5 N–H and O–H groups in total. The zero-order valence-corrected chi connectivity index (χ0v) is 22.9. The molecule has 1 amide bonds. The number of benzene rings is 2. The molecule has 0 radical (unpaired) electrons. The van der Waals surface area contributed by atoms with E-state index in [1.165, 1.54) is 23.5 Å². The van der Waals surface area contributed by atoms with Gasteiger partial charge in [-0.3, -0.25) is 4.99 Å². The molecule has 37 heavy (non-hydrogen) atoms. The van der Waals surface area contributed by atoms with Crippen LogP contribution in [0.4, 0.5) is 4.79 Å². The molecule has 0 bridgehead atoms. The van der Waals surface area contributed by atoms with Gasteiger partial charge in [-0.1, -0.05) is 29.8 Å². The maximum Gasteiger partial charge on any atom is 0.407 e. The average Bonchev–Trinajstić information content (AvgIpc) is 3.23. The van der Waals surface area contributed by atoms with E-state index in [9.17, 15) is 18.3 Å². The standard InChI is InChI=1S/C25H33N5O5S2/c1-16-11-13-17(14-12-16)37(33,34)30-23(26)27-15-7-9-19(29-24(32)35-25(2,3)4)21(31)22-28-18-8-5-6-10-20(18)36-22/h5-6,8,10-14,19,21,31H,7,9,15H2,1-4H3,(H,29,32)(H3,26,27,30). The van der Waals surface area contributed by atoms with Crippen LogP contribution >= 0.6 is 11.3 Å². The largest absolute Gasteiger partial charge is 0.444 e. The van der Waals surface area contributed by atoms with Crippen LogP contribution in [0.25, 0.3) is 10.2 Å². The van der Waals surface area contributed by atoms with Crippen LogP contribution in [0.1, 0.15) is 50.3 Å². The third kappa shape index (κ3) is 8.41. The Balaban J connectivity index is 1.65. The number of rotatable bonds is 9. The minimum Gasteiger partial charge on any atom is -0.444 e. The number of aliphatic imine (C=N–C) groups is 1. The second-order valence-corrected chi connectivity index (χ2v) is 12.3. The summed E-state index contributed by atoms with van der Waals surface area (Å²) in [6.07, 6.45) is -1.02. The first kappa shape index (κ1) is 28.4. The summed E-state index contributed by atoms with van der Waals surface area (Å²) >= 11 is 1.35. The van der Waals surface area contributed by atoms with Gasteiger partial charge in [-0.15, -0.1) is 11.3 Å². The lowest BCUT2D eigenvalue weighted by atomic mass is 10.1. The molecule has 0 saturated carbocycles. The number of carbonyl (C=O) groups is 1. The van der Waals surface area contributed by atoms with Crippen molar-refractivity contribution in [2.24, 2.45) is 10.7 Å². The molecule has 3 rings (SSSR count). The van der Waals surface area contributed by atoms with Crippen LogP contribution in [0, 0.1) is 6.92 Å². The number of nitrogens with zero attached hydrogens (tertiary/aromatic N) is 2. The van der Waals surface area contributed by atoms with E-state index in [0.29, 0.717) is 17.8 Å². The molecule has 0 aliphatic heterocycles. The first-order chi connectivity index (χ1) is 17.3. The van der Waals surface area contributed by atoms with Crippen LogP contribution in [-0.4, -0.2) is 48.7 Å². The normalized spacial score (nSPS) is 14.2. The van der Waals surface area contributed by atoms with Crippen LogP contribution < -0.4 is 15.8 Å². The van der Waals surface area contributed by atoms with Gasteiger partial charge in [-0.25, -0.2) is 22.9 Å². The van der Waals surface area contributed by atoms with Crippen LogP contribution in [0.5, 0.6) is 0 Å². The molecule has 2 unspecified atom stereocenters. The van der Waals surface area contributed by atoms with E-state index in [0.717, 1.165) is 15.8 Å². The summed E-state index contributed by atoms with van der Waals surface area (Å²) in [5.74, 6) is -0.246. The number of aromatic nitrogens is 1. The van der Waals surface area contributed by atoms with Gasteiger partial charge in [-0.05, 0) is 64.8 Å². The zero-order chi connectivity index (χ0) is 27.2. The van der Waals surface area contributed by atoms with Crippen molar-refractivity contribution in [1.82, 2.24) is 15.0 Å². The molecule has 3 aromatic rings. The maximum atomic E-state index is 12.5. The summed E-state index contributed by atoms with van der Waals surface area (Å²) in [4.78, 5) is 21.1. The topological polar surface area (TPSA) is 156 Å². The number of nitrogens with two attached hydrogens (primary N) is 1. The number of para-hydroxylation sites is 1. The van der Waals surface area contributed by atoms with Crippen LogP contribution in [0.2, 0.25) is 0 Å². The molecule has 1 aromatic heterocycles. The van der Waals surface area contributed by atoms with E-state index in [4.69, 9.17) is 10.5 Å². The van der Waals surface area contributed by atoms with Gasteiger partial charge >= 0.3 is 6.09 Å². The Hall–Kier alpha value is -3.22. The van der Waals surface area contributed by atoms with Gasteiger partial charge in [0.15, 0.2) is 0 Å². The quantitative estimate of drug-likeness (QED) is 0.181. The number of hydrogen-bond donors (Lipinski definition) is 4. The Kier molecular flexibility index (Phi) is 9.11. The van der Waals surface area contributed by atoms with Crippen molar-refractivity contribution in [3.05, 3.63) is 59.1 Å². The molecule has 2 aromatic carbocycles. The smallest absolute Gasteiger partial charge is 0.407 e. The number of aliphatic hydroxyl groups is 1. The number of thiazole rings is 1. The van der Waals surface area contributed by atoms with Gasteiger partial charge in [0.1, 0.15) is 16.7 Å². The molecular weight excluding hydrogens is 514 g/mol. The minimum absolute atomic E-state index is 0.0804. The fourth-order valence-electron chi connectivity index (χ4n) is 3.41. The van der Waals surface area contributed by atoms with Crippen molar-refractivity contribution in [1.29, 1.82) is 0 Å². The van der Waals surface area contributed by atoms with E-state index in [1.54, 1.807) is 32.9 Å². The number of sulfonamides is 1. The summed E-state index contributed by atoms with van der Waals surface area (Å²) in [6, 6.07) is 13.2. The third-order valence-corrected chi connectivity index (χ3v) is 7.65. The Morgan fingerprint density at radius 2 is 1.86 bits per heavy atom. The van der Waals surface area contributed by atoms with Crippen LogP contribution in [-0.2, 0) is 14.8 Å². The monoisotopic (exact) mass is 547 g/mol. The second-order valence-electron chi connectivity index (χ2n) is 9.55. The van der Waals surface area contributed by atoms with Crippen molar-refractivity contribution in [2.75, 3.05) is 6.54 Å². The SMILES string of the molecule is Cc1ccc(S(=O)(=O)NC(N)=NCCCC(NC(=O)OC(C)(C)C)C(O)c2nc3ccccc3s2)cc1. The zero-order valence-electron chi connectivity index (χ0n) is 21.3. The molecule has 0 saturated heterocycles. The summed E-state index contributed by atoms with van der Waals surface area (Å²) in [7, 11) is -3.85. The molecule has 0 spiro atoms. The third-order valence-electron chi connectivity index (χ3n) is 5.17. The number of nitrogens with one attached hydrogen (secondary N) is 2. The Morgan fingerprint density at radius 3 is 2.51 bits per heavy atom. The second kappa shape index (κ2) is 11.9. The maximum absolute atomic E-state index is 12.5. The van der Waals surface area contributed by atoms with Gasteiger partial charge in [0.2, 0.25) is 5.96 Å². The van der Waals surface area contributed by atoms with Crippen molar-refractivity contribution in [2.45, 2.75) is 63.2 Å². The Bertz CT molecular complexity index is 1310. The number of alkyl carbamates (subject to hydrolysis) is 1. The molecule has 10 nitrogen and oxygen atoms in total. The Morgan fingerprint density at radius 1 is 1.19 bits per heavy atom. The summed E-state index contributed by atoms with van der Waals surface area (Å²) in [6.45, 7) is 7.28. The van der Waals surface area contributed by atoms with Gasteiger partial charge < -0.3 is 20.9 Å². The van der Waals surface area contributed by atoms with Gasteiger partial charge in [0.25, 0.3) is 10.0 Å². The number of fused-ring (bicyclic) bond motifs is 1. The highest BCUT2D eigenvalue weighted by Crippen LogP contribution is 2.29. The number of carbonyl (C=O) groups excluding carboxylic acids is 1. The summed E-state index contributed by atoms with van der Waals surface area (Å²) in [5, 5.41) is 14.3. The van der Waals surface area contributed by atoms with Crippen molar-refractivity contribution in [3.8, 4) is 0 Å². The fourth-order valence-corrected chi connectivity index (χ4v) is 5.38. The molecule has 0 aliphatic rings. The number of aliphatic hydroxyl groups excluding tert-OH is 1. The predicted molar refractivity (Wildman–Crippen MR) is 145 cm³/mol. The molecule has 12 heteroatoms. The van der Waals surface area contributed by atoms with Gasteiger partial charge in [0, 0.05) is 6.54 Å². The lowest BCUT2D eigenvalue weighted by Gasteiger charge is -2.25. The highest BCUT2D eigenvalue weighted by molar-refractivity contribution is 7.90. The van der Waals surface area contributed by atoms with Gasteiger partial charge in [-0.2, -0.15) is 0 Å². The Labute approximate surface area is 221 Å². The summed E-state index contributed by atoms with van der Waals surface area (Å²) in [5.41, 5.74) is 6.79. The van der Waals surface area contributed by atoms with Crippen molar-refractivity contribution < 1.29 is 23.1 Å². The van der Waals surface area contributed by atoms with E-state index in [1.807, 2.05) is 31.2 Å². The fraction of sp³-hybridized carbons (Fsp3) is 0.400. The first-order valence-corrected chi connectivity index (χ1v) is 14.1. The number of aryl methyl sites for hydroxylation is 1. The number of amides is 1. The van der Waals surface area contributed by atoms with Crippen molar-refractivity contribution >= 4 is 43.6 Å². The van der Waals surface area contributed by atoms with E-state index in [2.05, 4.69) is 20.0 Å². The predicted octanol–water partition coefficient (Wildman–Crippen LogP) is 3.60. The van der Waals surface area contributed by atoms with Crippen molar-refractivity contribution in [3.63, 3.8) is 0 Å². The number of guanidine groups is 1. The molecule has 0 fully saturated rings. The number of ether oxygens (including phenoxy) is 1. The lowest BCUT2D eigenvalue weighted by Crippen LogP contribution is -2.42. The molecule has 2 atom stereocenters. The van der Waals surface area contributed by atoms with Gasteiger partial charge in [0.05, 0.1) is 21.2 Å². The average molecular weight is 548 g/mol. The minimum atomic E-state index is -3.85. The molecule has 1 heterocycles. The van der Waals surface area contributed by atoms with E-state index >= 15 is 0 Å². The molecule has 200 valence electrons.